The van der Waals surface area contributed by atoms with Gasteiger partial charge in [0.05, 0.1) is 42.2 Å². The molecule has 0 aromatic carbocycles. The van der Waals surface area contributed by atoms with E-state index in [9.17, 15) is 9.59 Å². The van der Waals surface area contributed by atoms with Crippen molar-refractivity contribution in [1.29, 1.82) is 0 Å². The zero-order valence-electron chi connectivity index (χ0n) is 24.7. The van der Waals surface area contributed by atoms with E-state index in [1.54, 1.807) is 12.5 Å². The topological polar surface area (TPSA) is 91.7 Å². The third kappa shape index (κ3) is 5.54. The molecule has 10 heteroatoms. The Hall–Kier alpha value is -2.30. The summed E-state index contributed by atoms with van der Waals surface area (Å²) in [7, 11) is 0. The van der Waals surface area contributed by atoms with E-state index < -0.39 is 24.2 Å². The second-order valence-corrected chi connectivity index (χ2v) is 13.6. The molecule has 1 aromatic heterocycles. The maximum Gasteiger partial charge on any atom is 0.256 e. The lowest BCUT2D eigenvalue weighted by atomic mass is 9.65. The van der Waals surface area contributed by atoms with E-state index >= 15 is 4.39 Å². The van der Waals surface area contributed by atoms with E-state index in [0.29, 0.717) is 24.9 Å². The highest BCUT2D eigenvalue weighted by Crippen LogP contribution is 2.50. The molecular formula is C32H47FN6O3. The Balaban J connectivity index is 1.11. The maximum atomic E-state index is 16.0. The summed E-state index contributed by atoms with van der Waals surface area (Å²) in [5.74, 6) is 0.232. The summed E-state index contributed by atoms with van der Waals surface area (Å²) in [5, 5.41) is 6.52. The van der Waals surface area contributed by atoms with Crippen molar-refractivity contribution in [3.05, 3.63) is 30.5 Å². The van der Waals surface area contributed by atoms with Crippen LogP contribution in [-0.2, 0) is 20.9 Å². The normalized spacial score (nSPS) is 37.9. The van der Waals surface area contributed by atoms with E-state index in [1.807, 2.05) is 17.0 Å². The number of rotatable bonds is 9. The van der Waals surface area contributed by atoms with Gasteiger partial charge in [-0.3, -0.25) is 9.59 Å². The van der Waals surface area contributed by atoms with E-state index in [4.69, 9.17) is 4.74 Å². The van der Waals surface area contributed by atoms with E-state index in [2.05, 4.69) is 25.4 Å². The Bertz CT molecular complexity index is 1140. The third-order valence-electron chi connectivity index (χ3n) is 11.2. The number of morpholine rings is 1. The van der Waals surface area contributed by atoms with Gasteiger partial charge < -0.3 is 29.7 Å². The number of nitrogens with one attached hydrogen (secondary N) is 2. The average molecular weight is 583 g/mol. The molecule has 3 saturated carbocycles. The number of ketones is 1. The summed E-state index contributed by atoms with van der Waals surface area (Å²) in [5.41, 5.74) is 0.210. The van der Waals surface area contributed by atoms with Crippen molar-refractivity contribution in [2.75, 3.05) is 32.7 Å². The van der Waals surface area contributed by atoms with Crippen molar-refractivity contribution in [2.24, 2.45) is 17.8 Å². The van der Waals surface area contributed by atoms with Crippen LogP contribution < -0.4 is 10.6 Å². The number of halogens is 1. The molecule has 6 aliphatic rings. The molecule has 0 spiro atoms. The summed E-state index contributed by atoms with van der Waals surface area (Å²) in [4.78, 5) is 36.1. The summed E-state index contributed by atoms with van der Waals surface area (Å²) in [6.07, 6.45) is 16.2. The predicted octanol–water partition coefficient (Wildman–Crippen LogP) is 2.67. The number of carbonyl (C=O) groups excluding carboxylic acids is 2. The molecule has 3 aliphatic carbocycles. The molecule has 5 fully saturated rings. The lowest BCUT2D eigenvalue weighted by molar-refractivity contribution is -0.208. The van der Waals surface area contributed by atoms with Gasteiger partial charge in [-0.05, 0) is 70.0 Å². The average Bonchev–Trinajstić information content (AvgIpc) is 3.71. The van der Waals surface area contributed by atoms with Gasteiger partial charge in [-0.1, -0.05) is 25.7 Å². The molecule has 1 amide bonds. The van der Waals surface area contributed by atoms with Gasteiger partial charge >= 0.3 is 0 Å². The smallest absolute Gasteiger partial charge is 0.256 e. The van der Waals surface area contributed by atoms with Gasteiger partial charge in [0.15, 0.2) is 5.78 Å². The first kappa shape index (κ1) is 28.5. The first-order valence-electron chi connectivity index (χ1n) is 16.6. The standard InChI is InChI=1S/C32H47FN6O3/c33-25-18-23-29-31(28(25)35-8-5-13-38-14-9-34-20-38)42-27-17-22-7-2-1-6-21(22)16-26(27)39(29)19-24(30(23)40)32(41)36-10-15-37-11-3-4-12-37/h9,14,19-23,25-29,31,35H,1-8,10-13,15-18H2,(H,36,41). The summed E-state index contributed by atoms with van der Waals surface area (Å²) in [6.45, 7) is 4.93. The lowest BCUT2D eigenvalue weighted by Gasteiger charge is -2.61. The second-order valence-electron chi connectivity index (χ2n) is 13.6. The number of aryl methyl sites for hydroxylation is 1. The van der Waals surface area contributed by atoms with Gasteiger partial charge in [0.2, 0.25) is 0 Å². The van der Waals surface area contributed by atoms with Gasteiger partial charge in [-0.2, -0.15) is 0 Å². The maximum absolute atomic E-state index is 16.0. The number of amides is 1. The van der Waals surface area contributed by atoms with Crippen molar-refractivity contribution in [2.45, 2.75) is 107 Å². The van der Waals surface area contributed by atoms with E-state index in [-0.39, 0.29) is 41.9 Å². The number of likely N-dealkylation sites (tertiary alicyclic amines) is 1. The largest absolute Gasteiger partial charge is 0.369 e. The van der Waals surface area contributed by atoms with Gasteiger partial charge in [-0.15, -0.1) is 0 Å². The molecule has 9 unspecified atom stereocenters. The number of imidazole rings is 1. The number of hydrogen-bond donors (Lipinski definition) is 2. The molecule has 0 bridgehead atoms. The number of hydrogen-bond acceptors (Lipinski definition) is 7. The van der Waals surface area contributed by atoms with Crippen LogP contribution in [0.15, 0.2) is 30.5 Å². The Morgan fingerprint density at radius 3 is 2.64 bits per heavy atom. The van der Waals surface area contributed by atoms with Crippen LogP contribution in [0.4, 0.5) is 4.39 Å². The Kier molecular flexibility index (Phi) is 8.38. The minimum absolute atomic E-state index is 0.00396. The van der Waals surface area contributed by atoms with Gasteiger partial charge in [0.25, 0.3) is 5.91 Å². The quantitative estimate of drug-likeness (QED) is 0.342. The van der Waals surface area contributed by atoms with Crippen molar-refractivity contribution in [3.8, 4) is 0 Å². The van der Waals surface area contributed by atoms with Crippen molar-refractivity contribution < 1.29 is 18.7 Å². The number of ether oxygens (including phenoxy) is 1. The van der Waals surface area contributed by atoms with Crippen LogP contribution in [0.3, 0.4) is 0 Å². The number of fused-ring (bicyclic) bond motifs is 3. The molecule has 42 heavy (non-hydrogen) atoms. The highest BCUT2D eigenvalue weighted by Gasteiger charge is 2.59. The minimum Gasteiger partial charge on any atom is -0.369 e. The fraction of sp³-hybridized carbons (Fsp3) is 0.781. The summed E-state index contributed by atoms with van der Waals surface area (Å²) < 4.78 is 24.9. The minimum atomic E-state index is -1.21. The van der Waals surface area contributed by atoms with Gasteiger partial charge in [0.1, 0.15) is 6.17 Å². The van der Waals surface area contributed by atoms with Crippen LogP contribution in [0.1, 0.15) is 64.2 Å². The Morgan fingerprint density at radius 2 is 1.86 bits per heavy atom. The van der Waals surface area contributed by atoms with Crippen LogP contribution in [0, 0.1) is 17.8 Å². The molecule has 3 aliphatic heterocycles. The van der Waals surface area contributed by atoms with Gasteiger partial charge in [-0.25, -0.2) is 9.37 Å². The van der Waals surface area contributed by atoms with E-state index in [1.165, 1.54) is 38.5 Å². The van der Waals surface area contributed by atoms with Crippen LogP contribution in [-0.4, -0.2) is 100 Å². The number of nitrogens with zero attached hydrogens (tertiary/aromatic N) is 4. The zero-order chi connectivity index (χ0) is 28.6. The zero-order valence-corrected chi connectivity index (χ0v) is 24.7. The molecule has 9 atom stereocenters. The molecule has 9 nitrogen and oxygen atoms in total. The predicted molar refractivity (Wildman–Crippen MR) is 156 cm³/mol. The lowest BCUT2D eigenvalue weighted by Crippen LogP contribution is -2.73. The first-order valence-corrected chi connectivity index (χ1v) is 16.6. The number of carbonyl (C=O) groups is 2. The fourth-order valence-electron chi connectivity index (χ4n) is 9.07. The number of aromatic nitrogens is 2. The molecule has 0 radical (unpaired) electrons. The fourth-order valence-corrected chi connectivity index (χ4v) is 9.07. The highest BCUT2D eigenvalue weighted by molar-refractivity contribution is 6.20. The molecule has 4 heterocycles. The van der Waals surface area contributed by atoms with E-state index in [0.717, 1.165) is 45.4 Å². The second kappa shape index (κ2) is 12.4. The molecule has 2 saturated heterocycles. The van der Waals surface area contributed by atoms with Crippen molar-refractivity contribution >= 4 is 11.7 Å². The van der Waals surface area contributed by atoms with Crippen molar-refractivity contribution in [1.82, 2.24) is 30.0 Å². The molecule has 7 rings (SSSR count). The summed E-state index contributed by atoms with van der Waals surface area (Å²) in [6, 6.07) is -0.580. The Morgan fingerprint density at radius 1 is 1.05 bits per heavy atom. The number of alkyl halides is 1. The van der Waals surface area contributed by atoms with Crippen LogP contribution in [0.25, 0.3) is 0 Å². The molecule has 230 valence electrons. The number of Topliss-reactive ketones (excluding diaryl/α,β-unsaturated/α-hetero) is 1. The van der Waals surface area contributed by atoms with Crippen LogP contribution in [0.2, 0.25) is 0 Å². The highest BCUT2D eigenvalue weighted by atomic mass is 19.1. The van der Waals surface area contributed by atoms with Crippen LogP contribution in [0.5, 0.6) is 0 Å². The van der Waals surface area contributed by atoms with Crippen LogP contribution >= 0.6 is 0 Å². The molecule has 2 N–H and O–H groups in total. The summed E-state index contributed by atoms with van der Waals surface area (Å²) >= 11 is 0. The Labute approximate surface area is 248 Å². The monoisotopic (exact) mass is 582 g/mol. The molecular weight excluding hydrogens is 535 g/mol. The third-order valence-corrected chi connectivity index (χ3v) is 11.2. The molecule has 1 aromatic rings. The van der Waals surface area contributed by atoms with Crippen molar-refractivity contribution in [3.63, 3.8) is 0 Å². The first-order chi connectivity index (χ1) is 20.6. The van der Waals surface area contributed by atoms with Gasteiger partial charge in [0, 0.05) is 44.1 Å². The SMILES string of the molecule is O=C(NCCN1CCCC1)C1=CN2C3CC4CCCCC4CC3OC3C(NCCCn4ccnc4)C(F)CC(C1=O)C32.